The molecule has 0 aromatic heterocycles. The fourth-order valence-electron chi connectivity index (χ4n) is 4.00. The lowest BCUT2D eigenvalue weighted by Gasteiger charge is -2.23. The summed E-state index contributed by atoms with van der Waals surface area (Å²) >= 11 is 1.11. The fraction of sp³-hybridized carbons (Fsp3) is 0.154. The van der Waals surface area contributed by atoms with Crippen molar-refractivity contribution in [3.63, 3.8) is 0 Å². The maximum absolute atomic E-state index is 13.5. The minimum atomic E-state index is -0.771. The minimum Gasteiger partial charge on any atom is -0.326 e. The molecule has 182 valence electrons. The third-order valence-corrected chi connectivity index (χ3v) is 6.89. The van der Waals surface area contributed by atoms with Gasteiger partial charge in [-0.15, -0.1) is 0 Å². The molecular formula is C26H19F3N4O2S. The Morgan fingerprint density at radius 2 is 1.67 bits per heavy atom. The van der Waals surface area contributed by atoms with Crippen molar-refractivity contribution in [2.75, 3.05) is 5.32 Å². The Morgan fingerprint density at radius 1 is 0.972 bits per heavy atom. The number of anilines is 1. The van der Waals surface area contributed by atoms with E-state index in [0.717, 1.165) is 17.3 Å². The molecule has 5 rings (SSSR count). The number of benzene rings is 3. The normalized spacial score (nSPS) is 19.3. The smallest absolute Gasteiger partial charge is 0.262 e. The number of halogens is 3. The number of thioether (sulfide) groups is 1. The number of hydrazone groups is 1. The SMILES string of the molecule is O=C(C[C@@H]1SC(N2N=C(c3ccc(F)cc3)C[C@H]2c2ccc(F)cc2)=NC1=O)Nc1cccc(F)c1. The van der Waals surface area contributed by atoms with Crippen molar-refractivity contribution < 1.29 is 22.8 Å². The van der Waals surface area contributed by atoms with E-state index in [0.29, 0.717) is 28.6 Å². The van der Waals surface area contributed by atoms with Crippen molar-refractivity contribution in [3.05, 3.63) is 101 Å². The van der Waals surface area contributed by atoms with Crippen LogP contribution in [0.25, 0.3) is 0 Å². The maximum atomic E-state index is 13.5. The van der Waals surface area contributed by atoms with Crippen LogP contribution in [0.1, 0.15) is 30.0 Å². The van der Waals surface area contributed by atoms with E-state index >= 15 is 0 Å². The van der Waals surface area contributed by atoms with Gasteiger partial charge in [-0.25, -0.2) is 18.2 Å². The molecule has 0 unspecified atom stereocenters. The van der Waals surface area contributed by atoms with Crippen molar-refractivity contribution in [1.29, 1.82) is 0 Å². The van der Waals surface area contributed by atoms with Crippen LogP contribution in [0.15, 0.2) is 82.9 Å². The molecule has 0 fully saturated rings. The molecule has 1 N–H and O–H groups in total. The van der Waals surface area contributed by atoms with Gasteiger partial charge in [0.25, 0.3) is 5.91 Å². The number of carbonyl (C=O) groups is 2. The average molecular weight is 509 g/mol. The molecule has 0 aliphatic carbocycles. The first kappa shape index (κ1) is 23.8. The van der Waals surface area contributed by atoms with E-state index in [9.17, 15) is 22.8 Å². The summed E-state index contributed by atoms with van der Waals surface area (Å²) in [4.78, 5) is 29.3. The number of amides is 2. The number of hydrogen-bond acceptors (Lipinski definition) is 5. The van der Waals surface area contributed by atoms with E-state index < -0.39 is 22.9 Å². The Kier molecular flexibility index (Phi) is 6.60. The first-order valence-corrected chi connectivity index (χ1v) is 12.0. The Bertz CT molecular complexity index is 1380. The lowest BCUT2D eigenvalue weighted by Crippen LogP contribution is -2.25. The first-order chi connectivity index (χ1) is 17.4. The summed E-state index contributed by atoms with van der Waals surface area (Å²) in [6.07, 6.45) is 0.270. The Labute approximate surface area is 208 Å². The van der Waals surface area contributed by atoms with Gasteiger partial charge in [0.05, 0.1) is 11.8 Å². The summed E-state index contributed by atoms with van der Waals surface area (Å²) in [5.41, 5.74) is 2.43. The molecule has 0 spiro atoms. The number of rotatable bonds is 5. The van der Waals surface area contributed by atoms with Crippen LogP contribution in [-0.4, -0.2) is 33.0 Å². The standard InChI is InChI=1S/C26H19F3N4O2S/c27-17-8-4-15(5-9-17)21-13-22(16-6-10-18(28)11-7-16)33(32-21)26-31-25(35)23(36-26)14-24(34)30-20-3-1-2-19(29)12-20/h1-12,22-23H,13-14H2,(H,30,34)/t22-,23-/m0/s1. The summed E-state index contributed by atoms with van der Waals surface area (Å²) < 4.78 is 40.4. The lowest BCUT2D eigenvalue weighted by molar-refractivity contribution is -0.121. The summed E-state index contributed by atoms with van der Waals surface area (Å²) in [6, 6.07) is 17.0. The molecule has 2 aliphatic rings. The summed E-state index contributed by atoms with van der Waals surface area (Å²) in [7, 11) is 0. The molecule has 3 aromatic carbocycles. The number of nitrogens with zero attached hydrogens (tertiary/aromatic N) is 3. The van der Waals surface area contributed by atoms with Crippen LogP contribution >= 0.6 is 11.8 Å². The van der Waals surface area contributed by atoms with Gasteiger partial charge >= 0.3 is 0 Å². The Balaban J connectivity index is 1.35. The first-order valence-electron chi connectivity index (χ1n) is 11.1. The molecular weight excluding hydrogens is 489 g/mol. The number of amidine groups is 1. The third kappa shape index (κ3) is 5.18. The van der Waals surface area contributed by atoms with Crippen molar-refractivity contribution in [2.24, 2.45) is 10.1 Å². The van der Waals surface area contributed by atoms with E-state index in [4.69, 9.17) is 0 Å². The average Bonchev–Trinajstić information content (AvgIpc) is 3.44. The van der Waals surface area contributed by atoms with Crippen LogP contribution in [-0.2, 0) is 9.59 Å². The second kappa shape index (κ2) is 9.98. The highest BCUT2D eigenvalue weighted by Gasteiger charge is 2.39. The Hall–Kier alpha value is -3.92. The quantitative estimate of drug-likeness (QED) is 0.509. The predicted molar refractivity (Wildman–Crippen MR) is 132 cm³/mol. The Morgan fingerprint density at radius 3 is 2.36 bits per heavy atom. The van der Waals surface area contributed by atoms with Gasteiger partial charge in [0.2, 0.25) is 5.91 Å². The van der Waals surface area contributed by atoms with Crippen LogP contribution in [0.3, 0.4) is 0 Å². The third-order valence-electron chi connectivity index (χ3n) is 5.75. The molecule has 0 bridgehead atoms. The van der Waals surface area contributed by atoms with Gasteiger partial charge in [0, 0.05) is 18.5 Å². The topological polar surface area (TPSA) is 74.1 Å². The molecule has 2 heterocycles. The van der Waals surface area contributed by atoms with Gasteiger partial charge in [0.1, 0.15) is 22.7 Å². The van der Waals surface area contributed by atoms with Gasteiger partial charge in [-0.05, 0) is 53.6 Å². The maximum Gasteiger partial charge on any atom is 0.262 e. The number of aliphatic imine (C=N–C) groups is 1. The molecule has 0 saturated heterocycles. The number of carbonyl (C=O) groups excluding carboxylic acids is 2. The van der Waals surface area contributed by atoms with Gasteiger partial charge in [0.15, 0.2) is 5.17 Å². The molecule has 0 saturated carbocycles. The van der Waals surface area contributed by atoms with Crippen molar-refractivity contribution in [3.8, 4) is 0 Å². The molecule has 3 aromatic rings. The van der Waals surface area contributed by atoms with Crippen LogP contribution in [0, 0.1) is 17.5 Å². The molecule has 2 aliphatic heterocycles. The van der Waals surface area contributed by atoms with Gasteiger partial charge < -0.3 is 5.32 Å². The summed E-state index contributed by atoms with van der Waals surface area (Å²) in [6.45, 7) is 0. The minimum absolute atomic E-state index is 0.156. The second-order valence-electron chi connectivity index (χ2n) is 8.27. The van der Waals surface area contributed by atoms with Crippen LogP contribution in [0.5, 0.6) is 0 Å². The number of hydrogen-bond donors (Lipinski definition) is 1. The van der Waals surface area contributed by atoms with E-state index in [1.807, 2.05) is 0 Å². The number of nitrogens with one attached hydrogen (secondary N) is 1. The van der Waals surface area contributed by atoms with Gasteiger partial charge in [-0.2, -0.15) is 10.1 Å². The van der Waals surface area contributed by atoms with Crippen LogP contribution in [0.4, 0.5) is 18.9 Å². The molecule has 2 atom stereocenters. The molecule has 2 amide bonds. The zero-order valence-corrected chi connectivity index (χ0v) is 19.5. The van der Waals surface area contributed by atoms with E-state index in [2.05, 4.69) is 15.4 Å². The lowest BCUT2D eigenvalue weighted by atomic mass is 9.98. The van der Waals surface area contributed by atoms with Crippen LogP contribution < -0.4 is 5.32 Å². The fourth-order valence-corrected chi connectivity index (χ4v) is 5.06. The zero-order valence-electron chi connectivity index (χ0n) is 18.7. The zero-order chi connectivity index (χ0) is 25.2. The molecule has 10 heteroatoms. The van der Waals surface area contributed by atoms with Gasteiger partial charge in [-0.3, -0.25) is 9.59 Å². The molecule has 6 nitrogen and oxygen atoms in total. The van der Waals surface area contributed by atoms with Crippen molar-refractivity contribution in [2.45, 2.75) is 24.1 Å². The largest absolute Gasteiger partial charge is 0.326 e. The van der Waals surface area contributed by atoms with E-state index in [-0.39, 0.29) is 24.1 Å². The van der Waals surface area contributed by atoms with Crippen molar-refractivity contribution in [1.82, 2.24) is 5.01 Å². The summed E-state index contributed by atoms with van der Waals surface area (Å²) in [5, 5.41) is 8.39. The molecule has 36 heavy (non-hydrogen) atoms. The highest BCUT2D eigenvalue weighted by molar-refractivity contribution is 8.15. The molecule has 0 radical (unpaired) electrons. The van der Waals surface area contributed by atoms with E-state index in [1.54, 1.807) is 35.3 Å². The summed E-state index contributed by atoms with van der Waals surface area (Å²) in [5.74, 6) is -2.16. The van der Waals surface area contributed by atoms with Crippen LogP contribution in [0.2, 0.25) is 0 Å². The van der Waals surface area contributed by atoms with E-state index in [1.165, 1.54) is 42.5 Å². The highest BCUT2D eigenvalue weighted by atomic mass is 32.2. The second-order valence-corrected chi connectivity index (χ2v) is 9.44. The van der Waals surface area contributed by atoms with Crippen molar-refractivity contribution >= 4 is 40.1 Å². The van der Waals surface area contributed by atoms with Gasteiger partial charge in [-0.1, -0.05) is 42.1 Å². The monoisotopic (exact) mass is 508 g/mol. The predicted octanol–water partition coefficient (Wildman–Crippen LogP) is 5.28. The highest BCUT2D eigenvalue weighted by Crippen LogP contribution is 2.38.